The van der Waals surface area contributed by atoms with Crippen LogP contribution in [-0.2, 0) is 0 Å². The van der Waals surface area contributed by atoms with Gasteiger partial charge in [0, 0.05) is 12.6 Å². The number of hydrogen-bond acceptors (Lipinski definition) is 1. The first kappa shape index (κ1) is 12.7. The molecule has 0 amide bonds. The molecule has 0 atom stereocenters. The van der Waals surface area contributed by atoms with Gasteiger partial charge in [-0.2, -0.15) is 0 Å². The SMILES string of the molecule is CCC(C=C(C)CNC(C)C)CC. The van der Waals surface area contributed by atoms with Crippen molar-refractivity contribution in [1.82, 2.24) is 5.32 Å². The van der Waals surface area contributed by atoms with E-state index in [1.807, 2.05) is 0 Å². The molecule has 0 radical (unpaired) electrons. The molecule has 0 saturated heterocycles. The fourth-order valence-electron chi connectivity index (χ4n) is 1.35. The highest BCUT2D eigenvalue weighted by atomic mass is 14.9. The lowest BCUT2D eigenvalue weighted by Gasteiger charge is -2.11. The first-order chi connectivity index (χ1) is 6.10. The minimum absolute atomic E-state index is 0.588. The first-order valence-corrected chi connectivity index (χ1v) is 5.50. The van der Waals surface area contributed by atoms with Crippen molar-refractivity contribution < 1.29 is 0 Å². The van der Waals surface area contributed by atoms with E-state index in [9.17, 15) is 0 Å². The Morgan fingerprint density at radius 1 is 1.23 bits per heavy atom. The third-order valence-corrected chi connectivity index (χ3v) is 2.36. The highest BCUT2D eigenvalue weighted by molar-refractivity contribution is 5.02. The van der Waals surface area contributed by atoms with E-state index in [1.54, 1.807) is 0 Å². The van der Waals surface area contributed by atoms with E-state index >= 15 is 0 Å². The monoisotopic (exact) mass is 183 g/mol. The van der Waals surface area contributed by atoms with Gasteiger partial charge in [-0.3, -0.25) is 0 Å². The van der Waals surface area contributed by atoms with Crippen molar-refractivity contribution in [2.45, 2.75) is 53.5 Å². The van der Waals surface area contributed by atoms with Crippen molar-refractivity contribution in [2.75, 3.05) is 6.54 Å². The molecule has 0 aromatic carbocycles. The lowest BCUT2D eigenvalue weighted by molar-refractivity contribution is 0.587. The van der Waals surface area contributed by atoms with Crippen LogP contribution in [0.15, 0.2) is 11.6 Å². The summed E-state index contributed by atoms with van der Waals surface area (Å²) in [6, 6.07) is 0.588. The molecule has 0 heterocycles. The van der Waals surface area contributed by atoms with Gasteiger partial charge in [0.1, 0.15) is 0 Å². The second kappa shape index (κ2) is 7.14. The molecule has 13 heavy (non-hydrogen) atoms. The molecule has 0 aliphatic rings. The van der Waals surface area contributed by atoms with Crippen LogP contribution in [0.1, 0.15) is 47.5 Å². The zero-order valence-electron chi connectivity index (χ0n) is 9.85. The van der Waals surface area contributed by atoms with Crippen molar-refractivity contribution in [2.24, 2.45) is 5.92 Å². The summed E-state index contributed by atoms with van der Waals surface area (Å²) < 4.78 is 0. The molecule has 0 aliphatic carbocycles. The normalized spacial score (nSPS) is 13.0. The van der Waals surface area contributed by atoms with Gasteiger partial charge in [-0.05, 0) is 25.7 Å². The summed E-state index contributed by atoms with van der Waals surface area (Å²) in [4.78, 5) is 0. The van der Waals surface area contributed by atoms with Gasteiger partial charge in [-0.25, -0.2) is 0 Å². The van der Waals surface area contributed by atoms with Crippen molar-refractivity contribution in [1.29, 1.82) is 0 Å². The lowest BCUT2D eigenvalue weighted by atomic mass is 10.0. The summed E-state index contributed by atoms with van der Waals surface area (Å²) >= 11 is 0. The van der Waals surface area contributed by atoms with Crippen LogP contribution in [0.2, 0.25) is 0 Å². The lowest BCUT2D eigenvalue weighted by Crippen LogP contribution is -2.24. The molecule has 1 N–H and O–H groups in total. The van der Waals surface area contributed by atoms with Crippen molar-refractivity contribution in [3.8, 4) is 0 Å². The minimum Gasteiger partial charge on any atom is -0.311 e. The zero-order valence-corrected chi connectivity index (χ0v) is 9.85. The molecule has 0 aliphatic heterocycles. The molecule has 1 nitrogen and oxygen atoms in total. The molecule has 0 fully saturated rings. The van der Waals surface area contributed by atoms with Crippen molar-refractivity contribution >= 4 is 0 Å². The second-order valence-corrected chi connectivity index (χ2v) is 4.13. The predicted octanol–water partition coefficient (Wildman–Crippen LogP) is 3.37. The summed E-state index contributed by atoms with van der Waals surface area (Å²) in [5.74, 6) is 0.772. The standard InChI is InChI=1S/C12H25N/c1-6-12(7-2)8-11(5)9-13-10(3)4/h8,10,12-13H,6-7,9H2,1-5H3. The summed E-state index contributed by atoms with van der Waals surface area (Å²) in [6.07, 6.45) is 4.93. The Balaban J connectivity index is 3.85. The van der Waals surface area contributed by atoms with Crippen LogP contribution in [-0.4, -0.2) is 12.6 Å². The maximum Gasteiger partial charge on any atom is 0.0164 e. The van der Waals surface area contributed by atoms with Crippen LogP contribution in [0.4, 0.5) is 0 Å². The molecular formula is C12H25N. The molecule has 0 spiro atoms. The van der Waals surface area contributed by atoms with E-state index in [0.717, 1.165) is 12.5 Å². The largest absolute Gasteiger partial charge is 0.311 e. The van der Waals surface area contributed by atoms with Gasteiger partial charge in [0.2, 0.25) is 0 Å². The first-order valence-electron chi connectivity index (χ1n) is 5.50. The Labute approximate surface area is 83.6 Å². The third kappa shape index (κ3) is 6.83. The van der Waals surface area contributed by atoms with E-state index in [1.165, 1.54) is 18.4 Å². The van der Waals surface area contributed by atoms with Crippen molar-refractivity contribution in [3.05, 3.63) is 11.6 Å². The highest BCUT2D eigenvalue weighted by Crippen LogP contribution is 2.11. The van der Waals surface area contributed by atoms with Crippen molar-refractivity contribution in [3.63, 3.8) is 0 Å². The van der Waals surface area contributed by atoms with Gasteiger partial charge < -0.3 is 5.32 Å². The maximum atomic E-state index is 3.43. The molecule has 0 aromatic rings. The van der Waals surface area contributed by atoms with E-state index in [0.29, 0.717) is 6.04 Å². The molecule has 0 rings (SSSR count). The van der Waals surface area contributed by atoms with Crippen LogP contribution < -0.4 is 5.32 Å². The number of rotatable bonds is 6. The topological polar surface area (TPSA) is 12.0 Å². The summed E-state index contributed by atoms with van der Waals surface area (Å²) in [6.45, 7) is 12.1. The zero-order chi connectivity index (χ0) is 10.3. The van der Waals surface area contributed by atoms with E-state index in [-0.39, 0.29) is 0 Å². The molecule has 78 valence electrons. The van der Waals surface area contributed by atoms with Gasteiger partial charge >= 0.3 is 0 Å². The quantitative estimate of drug-likeness (QED) is 0.623. The Morgan fingerprint density at radius 2 is 1.77 bits per heavy atom. The van der Waals surface area contributed by atoms with E-state index < -0.39 is 0 Å². The Morgan fingerprint density at radius 3 is 2.15 bits per heavy atom. The van der Waals surface area contributed by atoms with Crippen LogP contribution in [0.5, 0.6) is 0 Å². The third-order valence-electron chi connectivity index (χ3n) is 2.36. The number of nitrogens with one attached hydrogen (secondary N) is 1. The van der Waals surface area contributed by atoms with Gasteiger partial charge in [-0.1, -0.05) is 39.3 Å². The summed E-state index contributed by atoms with van der Waals surface area (Å²) in [5, 5.41) is 3.43. The molecule has 0 unspecified atom stereocenters. The van der Waals surface area contributed by atoms with Crippen LogP contribution in [0, 0.1) is 5.92 Å². The fourth-order valence-corrected chi connectivity index (χ4v) is 1.35. The van der Waals surface area contributed by atoms with Crippen LogP contribution >= 0.6 is 0 Å². The highest BCUT2D eigenvalue weighted by Gasteiger charge is 2.00. The number of allylic oxidation sites excluding steroid dienone is 1. The molecule has 0 saturated carbocycles. The Bertz CT molecular complexity index is 143. The minimum atomic E-state index is 0.588. The van der Waals surface area contributed by atoms with Gasteiger partial charge in [0.25, 0.3) is 0 Å². The van der Waals surface area contributed by atoms with Gasteiger partial charge in [-0.15, -0.1) is 0 Å². The molecule has 1 heteroatoms. The molecular weight excluding hydrogens is 158 g/mol. The number of hydrogen-bond donors (Lipinski definition) is 1. The molecule has 0 bridgehead atoms. The second-order valence-electron chi connectivity index (χ2n) is 4.13. The predicted molar refractivity (Wildman–Crippen MR) is 61.0 cm³/mol. The van der Waals surface area contributed by atoms with Crippen LogP contribution in [0.3, 0.4) is 0 Å². The smallest absolute Gasteiger partial charge is 0.0164 e. The van der Waals surface area contributed by atoms with Crippen LogP contribution in [0.25, 0.3) is 0 Å². The van der Waals surface area contributed by atoms with E-state index in [2.05, 4.69) is 46.0 Å². The summed E-state index contributed by atoms with van der Waals surface area (Å²) in [5.41, 5.74) is 1.47. The fraction of sp³-hybridized carbons (Fsp3) is 0.833. The Hall–Kier alpha value is -0.300. The van der Waals surface area contributed by atoms with E-state index in [4.69, 9.17) is 0 Å². The molecule has 0 aromatic heterocycles. The van der Waals surface area contributed by atoms with Gasteiger partial charge in [0.15, 0.2) is 0 Å². The Kier molecular flexibility index (Phi) is 6.97. The summed E-state index contributed by atoms with van der Waals surface area (Å²) in [7, 11) is 0. The average Bonchev–Trinajstić information content (AvgIpc) is 2.10. The maximum absolute atomic E-state index is 3.43. The average molecular weight is 183 g/mol. The van der Waals surface area contributed by atoms with Gasteiger partial charge in [0.05, 0.1) is 0 Å².